The van der Waals surface area contributed by atoms with E-state index >= 15 is 0 Å². The largest absolute Gasteiger partial charge is 0.307 e. The molecule has 2 atom stereocenters. The molecule has 0 saturated heterocycles. The van der Waals surface area contributed by atoms with Crippen LogP contribution in [0.25, 0.3) is 0 Å². The molecule has 1 aliphatic carbocycles. The first-order chi connectivity index (χ1) is 9.81. The zero-order valence-corrected chi connectivity index (χ0v) is 13.3. The van der Waals surface area contributed by atoms with Gasteiger partial charge in [-0.25, -0.2) is 0 Å². The molecule has 1 unspecified atom stereocenters. The Bertz CT molecular complexity index is 353. The van der Waals surface area contributed by atoms with E-state index in [4.69, 9.17) is 0 Å². The van der Waals surface area contributed by atoms with Crippen LogP contribution in [0.1, 0.15) is 76.8 Å². The van der Waals surface area contributed by atoms with Crippen LogP contribution in [-0.4, -0.2) is 6.04 Å². The fourth-order valence-corrected chi connectivity index (χ4v) is 3.53. The van der Waals surface area contributed by atoms with Crippen molar-refractivity contribution in [2.45, 2.75) is 77.3 Å². The van der Waals surface area contributed by atoms with Crippen molar-refractivity contribution >= 4 is 0 Å². The third kappa shape index (κ3) is 4.63. The Morgan fingerprint density at radius 3 is 2.45 bits per heavy atom. The van der Waals surface area contributed by atoms with Crippen LogP contribution in [0.4, 0.5) is 0 Å². The second-order valence-electron chi connectivity index (χ2n) is 6.46. The van der Waals surface area contributed by atoms with E-state index in [1.165, 1.54) is 56.9 Å². The summed E-state index contributed by atoms with van der Waals surface area (Å²) in [5.74, 6) is 0.886. The molecule has 1 heteroatoms. The molecule has 20 heavy (non-hydrogen) atoms. The first-order valence-corrected chi connectivity index (χ1v) is 8.62. The van der Waals surface area contributed by atoms with Gasteiger partial charge in [-0.2, -0.15) is 0 Å². The van der Waals surface area contributed by atoms with Gasteiger partial charge in [0.15, 0.2) is 0 Å². The molecule has 0 bridgehead atoms. The Kier molecular flexibility index (Phi) is 6.59. The molecule has 1 N–H and O–H groups in total. The van der Waals surface area contributed by atoms with Crippen LogP contribution in [0.2, 0.25) is 0 Å². The molecule has 0 heterocycles. The van der Waals surface area contributed by atoms with E-state index in [1.54, 1.807) is 0 Å². The van der Waals surface area contributed by atoms with Gasteiger partial charge in [0.25, 0.3) is 0 Å². The Morgan fingerprint density at radius 1 is 1.10 bits per heavy atom. The van der Waals surface area contributed by atoms with Gasteiger partial charge in [-0.15, -0.1) is 0 Å². The average Bonchev–Trinajstić information content (AvgIpc) is 2.53. The lowest BCUT2D eigenvalue weighted by atomic mass is 9.84. The summed E-state index contributed by atoms with van der Waals surface area (Å²) in [6.45, 7) is 4.69. The first-order valence-electron chi connectivity index (χ1n) is 8.62. The molecular formula is C19H31N. The van der Waals surface area contributed by atoms with Crippen molar-refractivity contribution < 1.29 is 0 Å². The maximum absolute atomic E-state index is 3.94. The van der Waals surface area contributed by atoms with Gasteiger partial charge in [0.1, 0.15) is 0 Å². The number of hydrogen-bond donors (Lipinski definition) is 1. The lowest BCUT2D eigenvalue weighted by Gasteiger charge is -2.32. The van der Waals surface area contributed by atoms with Gasteiger partial charge < -0.3 is 5.32 Å². The first kappa shape index (κ1) is 15.6. The normalized spacial score (nSPS) is 19.7. The summed E-state index contributed by atoms with van der Waals surface area (Å²) in [4.78, 5) is 0. The monoisotopic (exact) mass is 273 g/mol. The van der Waals surface area contributed by atoms with Crippen molar-refractivity contribution in [3.8, 4) is 0 Å². The molecule has 1 aromatic carbocycles. The average molecular weight is 273 g/mol. The molecule has 0 radical (unpaired) electrons. The van der Waals surface area contributed by atoms with Gasteiger partial charge in [0, 0.05) is 12.1 Å². The number of nitrogens with one attached hydrogen (secondary N) is 1. The van der Waals surface area contributed by atoms with Crippen molar-refractivity contribution in [2.24, 2.45) is 5.92 Å². The van der Waals surface area contributed by atoms with Gasteiger partial charge in [-0.3, -0.25) is 0 Å². The molecule has 1 nitrogen and oxygen atoms in total. The Hall–Kier alpha value is -0.820. The Balaban J connectivity index is 1.95. The lowest BCUT2D eigenvalue weighted by Crippen LogP contribution is -2.37. The maximum atomic E-state index is 3.94. The molecule has 0 amide bonds. The predicted molar refractivity (Wildman–Crippen MR) is 87.9 cm³/mol. The van der Waals surface area contributed by atoms with E-state index in [0.29, 0.717) is 12.1 Å². The Morgan fingerprint density at radius 2 is 1.80 bits per heavy atom. The number of benzene rings is 1. The molecule has 1 fully saturated rings. The van der Waals surface area contributed by atoms with Crippen LogP contribution in [-0.2, 0) is 0 Å². The van der Waals surface area contributed by atoms with E-state index in [9.17, 15) is 0 Å². The van der Waals surface area contributed by atoms with Gasteiger partial charge in [0.2, 0.25) is 0 Å². The van der Waals surface area contributed by atoms with E-state index in [1.807, 2.05) is 0 Å². The molecule has 1 saturated carbocycles. The van der Waals surface area contributed by atoms with Crippen molar-refractivity contribution in [2.75, 3.05) is 0 Å². The zero-order chi connectivity index (χ0) is 14.2. The smallest absolute Gasteiger partial charge is 0.0322 e. The highest BCUT2D eigenvalue weighted by atomic mass is 15.0. The molecule has 1 aliphatic rings. The van der Waals surface area contributed by atoms with E-state index < -0.39 is 0 Å². The minimum absolute atomic E-state index is 0.535. The topological polar surface area (TPSA) is 12.0 Å². The van der Waals surface area contributed by atoms with Crippen LogP contribution in [0.3, 0.4) is 0 Å². The number of unbranched alkanes of at least 4 members (excludes halogenated alkanes) is 1. The van der Waals surface area contributed by atoms with Crippen molar-refractivity contribution in [3.05, 3.63) is 35.9 Å². The summed E-state index contributed by atoms with van der Waals surface area (Å²) in [6, 6.07) is 12.2. The molecule has 0 aromatic heterocycles. The molecule has 2 rings (SSSR count). The van der Waals surface area contributed by atoms with E-state index in [0.717, 1.165) is 5.92 Å². The number of rotatable bonds is 7. The third-order valence-corrected chi connectivity index (χ3v) is 4.87. The highest BCUT2D eigenvalue weighted by molar-refractivity contribution is 5.19. The summed E-state index contributed by atoms with van der Waals surface area (Å²) in [5.41, 5.74) is 1.46. The summed E-state index contributed by atoms with van der Waals surface area (Å²) >= 11 is 0. The van der Waals surface area contributed by atoms with Crippen LogP contribution in [0.5, 0.6) is 0 Å². The summed E-state index contributed by atoms with van der Waals surface area (Å²) < 4.78 is 0. The fourth-order valence-electron chi connectivity index (χ4n) is 3.53. The van der Waals surface area contributed by atoms with Crippen LogP contribution in [0.15, 0.2) is 30.3 Å². The van der Waals surface area contributed by atoms with Crippen molar-refractivity contribution in [1.29, 1.82) is 0 Å². The highest BCUT2D eigenvalue weighted by Crippen LogP contribution is 2.28. The van der Waals surface area contributed by atoms with Crippen molar-refractivity contribution in [3.63, 3.8) is 0 Å². The van der Waals surface area contributed by atoms with Gasteiger partial charge in [0.05, 0.1) is 0 Å². The second-order valence-corrected chi connectivity index (χ2v) is 6.46. The zero-order valence-electron chi connectivity index (χ0n) is 13.3. The Labute approximate surface area is 125 Å². The molecular weight excluding hydrogens is 242 g/mol. The molecule has 0 spiro atoms. The quantitative estimate of drug-likeness (QED) is 0.694. The summed E-state index contributed by atoms with van der Waals surface area (Å²) in [5, 5.41) is 3.94. The lowest BCUT2D eigenvalue weighted by molar-refractivity contribution is 0.259. The van der Waals surface area contributed by atoms with Crippen LogP contribution < -0.4 is 5.32 Å². The van der Waals surface area contributed by atoms with E-state index in [-0.39, 0.29) is 0 Å². The third-order valence-electron chi connectivity index (χ3n) is 4.87. The molecule has 112 valence electrons. The van der Waals surface area contributed by atoms with Gasteiger partial charge in [-0.1, -0.05) is 69.4 Å². The van der Waals surface area contributed by atoms with Gasteiger partial charge in [-0.05, 0) is 37.7 Å². The summed E-state index contributed by atoms with van der Waals surface area (Å²) in [6.07, 6.45) is 11.0. The minimum Gasteiger partial charge on any atom is -0.307 e. The predicted octanol–water partition coefficient (Wildman–Crippen LogP) is 5.48. The van der Waals surface area contributed by atoms with Crippen molar-refractivity contribution in [1.82, 2.24) is 5.32 Å². The standard InChI is InChI=1S/C19H31N/c1-3-4-15-19(18-13-9-6-10-14-18)20-16(2)17-11-7-5-8-12-17/h6,9-10,13-14,16-17,19-20H,3-5,7-8,11-12,15H2,1-2H3/t16-,19?/m0/s1. The molecule has 1 aromatic rings. The fraction of sp³-hybridized carbons (Fsp3) is 0.684. The van der Waals surface area contributed by atoms with Gasteiger partial charge >= 0.3 is 0 Å². The second kappa shape index (κ2) is 8.46. The van der Waals surface area contributed by atoms with Crippen LogP contribution in [0, 0.1) is 5.92 Å². The highest BCUT2D eigenvalue weighted by Gasteiger charge is 2.22. The summed E-state index contributed by atoms with van der Waals surface area (Å²) in [7, 11) is 0. The van der Waals surface area contributed by atoms with Crippen LogP contribution >= 0.6 is 0 Å². The minimum atomic E-state index is 0.535. The van der Waals surface area contributed by atoms with E-state index in [2.05, 4.69) is 49.5 Å². The number of hydrogen-bond acceptors (Lipinski definition) is 1. The SMILES string of the molecule is CCCCC(N[C@@H](C)C1CCCCC1)c1ccccc1. The molecule has 0 aliphatic heterocycles. The maximum Gasteiger partial charge on any atom is 0.0322 e.